The largest absolute Gasteiger partial charge is 0.379 e. The molecule has 0 aliphatic carbocycles. The van der Waals surface area contributed by atoms with Crippen molar-refractivity contribution in [1.82, 2.24) is 10.6 Å². The lowest BCUT2D eigenvalue weighted by atomic mass is 10.0. The normalized spacial score (nSPS) is 12.2. The zero-order valence-corrected chi connectivity index (χ0v) is 39.6. The summed E-state index contributed by atoms with van der Waals surface area (Å²) >= 11 is 3.39. The molecule has 0 unspecified atom stereocenters. The lowest BCUT2D eigenvalue weighted by Gasteiger charge is -2.24. The van der Waals surface area contributed by atoms with Crippen LogP contribution in [0.5, 0.6) is 0 Å². The fourth-order valence-electron chi connectivity index (χ4n) is 4.91. The third kappa shape index (κ3) is 36.2. The standard InChI is InChI=1S/C42H73BrN6O15/c1-35(2)40(42(52)46-36(3)41(51)47-38-6-4-37(34-43)5-7-38)48-39(50)8-10-53-12-14-55-16-18-57-20-22-59-24-26-61-28-30-63-32-33-64-31-29-62-27-25-60-23-21-58-19-17-56-15-13-54-11-9-45-49-44/h4-7,35-36,40H,8-34H2,1-3H3,(H,46,52)(H,47,51)(H,48,50)/t36-,40-/m0/s1. The summed E-state index contributed by atoms with van der Waals surface area (Å²) in [5.74, 6) is -1.32. The Labute approximate surface area is 386 Å². The van der Waals surface area contributed by atoms with Gasteiger partial charge in [-0.25, -0.2) is 0 Å². The predicted molar refractivity (Wildman–Crippen MR) is 241 cm³/mol. The molecule has 0 aliphatic rings. The molecule has 0 bridgehead atoms. The minimum Gasteiger partial charge on any atom is -0.379 e. The van der Waals surface area contributed by atoms with E-state index in [2.05, 4.69) is 41.9 Å². The van der Waals surface area contributed by atoms with Crippen molar-refractivity contribution in [2.45, 2.75) is 44.6 Å². The molecule has 21 nitrogen and oxygen atoms in total. The summed E-state index contributed by atoms with van der Waals surface area (Å²) in [5, 5.41) is 12.3. The highest BCUT2D eigenvalue weighted by Crippen LogP contribution is 2.12. The number of hydrogen-bond acceptors (Lipinski definition) is 16. The SMILES string of the molecule is CC(C)[C@H](NC(=O)CCOCCOCCOCCOCCOCCOCCOCCOCCOCCOCCOCCOCCN=[N+]=[N-])C(=O)N[C@@H](C)C(=O)Nc1ccc(CBr)cc1. The number of rotatable bonds is 46. The van der Waals surface area contributed by atoms with Crippen molar-refractivity contribution >= 4 is 39.3 Å². The van der Waals surface area contributed by atoms with Crippen LogP contribution in [0.2, 0.25) is 0 Å². The Hall–Kier alpha value is -3.06. The van der Waals surface area contributed by atoms with Gasteiger partial charge in [-0.15, -0.1) is 0 Å². The quantitative estimate of drug-likeness (QED) is 0.0279. The second-order valence-corrected chi connectivity index (χ2v) is 14.5. The third-order valence-corrected chi connectivity index (χ3v) is 9.01. The van der Waals surface area contributed by atoms with Crippen LogP contribution < -0.4 is 16.0 Å². The molecular formula is C42H73BrN6O15. The number of ether oxygens (including phenoxy) is 12. The number of amides is 3. The van der Waals surface area contributed by atoms with Crippen LogP contribution in [-0.4, -0.2) is 195 Å². The molecule has 0 heterocycles. The molecule has 64 heavy (non-hydrogen) atoms. The molecule has 1 aromatic rings. The van der Waals surface area contributed by atoms with E-state index in [1.807, 2.05) is 26.0 Å². The number of carbonyl (C=O) groups excluding carboxylic acids is 3. The number of carbonyl (C=O) groups is 3. The average molecular weight is 982 g/mol. The van der Waals surface area contributed by atoms with Crippen molar-refractivity contribution in [2.75, 3.05) is 170 Å². The number of hydrogen-bond donors (Lipinski definition) is 3. The van der Waals surface area contributed by atoms with E-state index in [1.54, 1.807) is 19.1 Å². The summed E-state index contributed by atoms with van der Waals surface area (Å²) in [6.07, 6.45) is 0.0751. The second-order valence-electron chi connectivity index (χ2n) is 13.9. The van der Waals surface area contributed by atoms with Gasteiger partial charge in [-0.2, -0.15) is 0 Å². The number of alkyl halides is 1. The van der Waals surface area contributed by atoms with Crippen LogP contribution in [0.4, 0.5) is 5.69 Å². The van der Waals surface area contributed by atoms with Gasteiger partial charge in [0.05, 0.1) is 159 Å². The van der Waals surface area contributed by atoms with E-state index in [0.29, 0.717) is 170 Å². The van der Waals surface area contributed by atoms with Gasteiger partial charge in [0.15, 0.2) is 0 Å². The fourth-order valence-corrected chi connectivity index (χ4v) is 5.29. The first kappa shape index (κ1) is 59.0. The number of azide groups is 1. The number of benzene rings is 1. The lowest BCUT2D eigenvalue weighted by Crippen LogP contribution is -2.53. The van der Waals surface area contributed by atoms with E-state index in [0.717, 1.165) is 5.56 Å². The monoisotopic (exact) mass is 980 g/mol. The van der Waals surface area contributed by atoms with Gasteiger partial charge in [0.1, 0.15) is 12.1 Å². The van der Waals surface area contributed by atoms with Crippen LogP contribution in [0.15, 0.2) is 29.4 Å². The van der Waals surface area contributed by atoms with Gasteiger partial charge < -0.3 is 72.8 Å². The molecule has 3 N–H and O–H groups in total. The predicted octanol–water partition coefficient (Wildman–Crippen LogP) is 3.07. The Bertz CT molecular complexity index is 1330. The molecule has 2 atom stereocenters. The molecule has 0 radical (unpaired) electrons. The molecule has 3 amide bonds. The summed E-state index contributed by atoms with van der Waals surface area (Å²) in [4.78, 5) is 40.7. The maximum absolute atomic E-state index is 12.9. The van der Waals surface area contributed by atoms with Gasteiger partial charge >= 0.3 is 0 Å². The minimum atomic E-state index is -0.804. The van der Waals surface area contributed by atoms with Crippen LogP contribution >= 0.6 is 15.9 Å². The minimum absolute atomic E-state index is 0.0751. The summed E-state index contributed by atoms with van der Waals surface area (Å²) in [6.45, 7) is 15.9. The first-order valence-corrected chi connectivity index (χ1v) is 22.9. The average Bonchev–Trinajstić information content (AvgIpc) is 3.29. The van der Waals surface area contributed by atoms with Gasteiger partial charge in [0.25, 0.3) is 0 Å². The Kier molecular flexibility index (Phi) is 40.4. The van der Waals surface area contributed by atoms with E-state index in [9.17, 15) is 14.4 Å². The van der Waals surface area contributed by atoms with Gasteiger partial charge in [-0.05, 0) is 36.1 Å². The Morgan fingerprint density at radius 2 is 0.875 bits per heavy atom. The van der Waals surface area contributed by atoms with Crippen LogP contribution in [0.1, 0.15) is 32.8 Å². The molecule has 1 aromatic carbocycles. The third-order valence-electron chi connectivity index (χ3n) is 8.36. The summed E-state index contributed by atoms with van der Waals surface area (Å²) in [5.41, 5.74) is 9.86. The Balaban J connectivity index is 1.81. The van der Waals surface area contributed by atoms with Crippen LogP contribution in [0, 0.1) is 5.92 Å². The fraction of sp³-hybridized carbons (Fsp3) is 0.786. The molecule has 0 fully saturated rings. The molecule has 0 aliphatic heterocycles. The smallest absolute Gasteiger partial charge is 0.246 e. The van der Waals surface area contributed by atoms with Gasteiger partial charge in [-0.3, -0.25) is 14.4 Å². The molecule has 0 saturated heterocycles. The van der Waals surface area contributed by atoms with Crippen LogP contribution in [-0.2, 0) is 76.6 Å². The van der Waals surface area contributed by atoms with E-state index in [4.69, 9.17) is 62.4 Å². The molecule has 0 spiro atoms. The Morgan fingerprint density at radius 3 is 1.20 bits per heavy atom. The molecule has 0 aromatic heterocycles. The van der Waals surface area contributed by atoms with E-state index >= 15 is 0 Å². The second kappa shape index (κ2) is 43.8. The van der Waals surface area contributed by atoms with Gasteiger partial charge in [0, 0.05) is 28.9 Å². The topological polar surface area (TPSA) is 247 Å². The number of anilines is 1. The molecule has 1 rings (SSSR count). The van der Waals surface area contributed by atoms with E-state index in [-0.39, 0.29) is 30.8 Å². The number of nitrogens with zero attached hydrogens (tertiary/aromatic N) is 3. The Morgan fingerprint density at radius 1 is 0.531 bits per heavy atom. The van der Waals surface area contributed by atoms with Crippen molar-refractivity contribution in [3.05, 3.63) is 40.3 Å². The molecule has 22 heteroatoms. The zero-order chi connectivity index (χ0) is 46.6. The summed E-state index contributed by atoms with van der Waals surface area (Å²) < 4.78 is 65.4. The van der Waals surface area contributed by atoms with E-state index in [1.165, 1.54) is 0 Å². The number of nitrogens with one attached hydrogen (secondary N) is 3. The maximum Gasteiger partial charge on any atom is 0.246 e. The number of halogens is 1. The molecular weight excluding hydrogens is 908 g/mol. The first-order chi connectivity index (χ1) is 31.3. The lowest BCUT2D eigenvalue weighted by molar-refractivity contribution is -0.132. The highest BCUT2D eigenvalue weighted by molar-refractivity contribution is 9.08. The van der Waals surface area contributed by atoms with Gasteiger partial charge in [-0.1, -0.05) is 47.0 Å². The summed E-state index contributed by atoms with van der Waals surface area (Å²) in [6, 6.07) is 5.77. The van der Waals surface area contributed by atoms with Crippen molar-refractivity contribution in [3.8, 4) is 0 Å². The molecule has 368 valence electrons. The molecule has 0 saturated carbocycles. The maximum atomic E-state index is 12.9. The van der Waals surface area contributed by atoms with E-state index < -0.39 is 18.0 Å². The highest BCUT2D eigenvalue weighted by atomic mass is 79.9. The van der Waals surface area contributed by atoms with Crippen molar-refractivity contribution in [1.29, 1.82) is 0 Å². The first-order valence-electron chi connectivity index (χ1n) is 21.8. The van der Waals surface area contributed by atoms with Crippen LogP contribution in [0.3, 0.4) is 0 Å². The zero-order valence-electron chi connectivity index (χ0n) is 38.0. The van der Waals surface area contributed by atoms with Crippen molar-refractivity contribution < 1.29 is 71.2 Å². The summed E-state index contributed by atoms with van der Waals surface area (Å²) in [7, 11) is 0. The highest BCUT2D eigenvalue weighted by Gasteiger charge is 2.27. The van der Waals surface area contributed by atoms with Gasteiger partial charge in [0.2, 0.25) is 17.7 Å². The van der Waals surface area contributed by atoms with Crippen LogP contribution in [0.25, 0.3) is 10.4 Å². The van der Waals surface area contributed by atoms with Crippen molar-refractivity contribution in [3.63, 3.8) is 0 Å². The van der Waals surface area contributed by atoms with Crippen molar-refractivity contribution in [2.24, 2.45) is 11.0 Å².